The van der Waals surface area contributed by atoms with E-state index in [0.29, 0.717) is 5.56 Å². The molecule has 0 bridgehead atoms. The first-order chi connectivity index (χ1) is 7.22. The summed E-state index contributed by atoms with van der Waals surface area (Å²) in [5, 5.41) is 3.32. The molecular formula is C12H16ClNO2. The molecule has 1 N–H and O–H groups in total. The molecule has 1 aromatic rings. The Balaban J connectivity index is 0.00000128. The number of benzene rings is 1. The summed E-state index contributed by atoms with van der Waals surface area (Å²) in [5.41, 5.74) is 0.426. The van der Waals surface area contributed by atoms with Gasteiger partial charge in [-0.15, -0.1) is 12.4 Å². The molecule has 0 amide bonds. The van der Waals surface area contributed by atoms with Gasteiger partial charge >= 0.3 is 0 Å². The number of aldehydes is 1. The minimum Gasteiger partial charge on any atom is -0.473 e. The summed E-state index contributed by atoms with van der Waals surface area (Å²) in [7, 11) is 0. The van der Waals surface area contributed by atoms with Crippen LogP contribution in [0.5, 0.6) is 5.75 Å². The lowest BCUT2D eigenvalue weighted by Crippen LogP contribution is -2.42. The number of ether oxygens (including phenoxy) is 1. The number of hydrogen-bond donors (Lipinski definition) is 1. The van der Waals surface area contributed by atoms with Crippen molar-refractivity contribution in [3.8, 4) is 5.75 Å². The van der Waals surface area contributed by atoms with E-state index in [-0.39, 0.29) is 18.1 Å². The maximum Gasteiger partial charge on any atom is 0.158 e. The van der Waals surface area contributed by atoms with E-state index in [0.717, 1.165) is 31.4 Å². The predicted octanol–water partition coefficient (Wildman–Crippen LogP) is 2.40. The highest BCUT2D eigenvalue weighted by Crippen LogP contribution is 2.23. The summed E-state index contributed by atoms with van der Waals surface area (Å²) >= 11 is 0. The molecule has 1 atom stereocenters. The van der Waals surface area contributed by atoms with Crippen molar-refractivity contribution >= 4 is 18.7 Å². The standard InChI is InChI=1S/C12H15NO2.ClH/c1-12(7-2-8-13-12)15-11-5-3-10(9-14)4-6-11;/h3-6,9,13H,2,7-8H2,1H3;1H/t12-;/m1./s1. The van der Waals surface area contributed by atoms with E-state index in [9.17, 15) is 4.79 Å². The molecule has 0 aliphatic carbocycles. The van der Waals surface area contributed by atoms with Gasteiger partial charge in [0.2, 0.25) is 0 Å². The minimum absolute atomic E-state index is 0. The maximum absolute atomic E-state index is 10.5. The quantitative estimate of drug-likeness (QED) is 0.826. The fourth-order valence-corrected chi connectivity index (χ4v) is 1.83. The smallest absolute Gasteiger partial charge is 0.158 e. The second-order valence-corrected chi connectivity index (χ2v) is 4.05. The van der Waals surface area contributed by atoms with Crippen molar-refractivity contribution in [1.82, 2.24) is 5.32 Å². The molecule has 0 spiro atoms. The molecule has 1 fully saturated rings. The van der Waals surface area contributed by atoms with Crippen molar-refractivity contribution in [2.24, 2.45) is 0 Å². The van der Waals surface area contributed by atoms with Crippen molar-refractivity contribution in [2.45, 2.75) is 25.5 Å². The van der Waals surface area contributed by atoms with Crippen LogP contribution in [0.2, 0.25) is 0 Å². The SMILES string of the molecule is C[C@@]1(Oc2ccc(C=O)cc2)CCCN1.Cl. The minimum atomic E-state index is -0.247. The molecule has 0 radical (unpaired) electrons. The first-order valence-corrected chi connectivity index (χ1v) is 5.21. The van der Waals surface area contributed by atoms with Crippen LogP contribution in [-0.2, 0) is 0 Å². The highest BCUT2D eigenvalue weighted by Gasteiger charge is 2.29. The van der Waals surface area contributed by atoms with Gasteiger partial charge in [-0.3, -0.25) is 10.1 Å². The molecule has 1 aromatic carbocycles. The van der Waals surface area contributed by atoms with Crippen molar-refractivity contribution in [2.75, 3.05) is 6.54 Å². The zero-order chi connectivity index (χ0) is 10.7. The van der Waals surface area contributed by atoms with Crippen LogP contribution < -0.4 is 10.1 Å². The zero-order valence-electron chi connectivity index (χ0n) is 9.23. The van der Waals surface area contributed by atoms with Crippen molar-refractivity contribution < 1.29 is 9.53 Å². The van der Waals surface area contributed by atoms with Gasteiger partial charge in [-0.05, 0) is 44.2 Å². The Morgan fingerprint density at radius 2 is 2.06 bits per heavy atom. The van der Waals surface area contributed by atoms with Crippen LogP contribution >= 0.6 is 12.4 Å². The van der Waals surface area contributed by atoms with E-state index < -0.39 is 0 Å². The van der Waals surface area contributed by atoms with Crippen LogP contribution in [0.4, 0.5) is 0 Å². The van der Waals surface area contributed by atoms with Gasteiger partial charge in [0.05, 0.1) is 0 Å². The Kier molecular flexibility index (Phi) is 4.33. The molecule has 88 valence electrons. The number of halogens is 1. The van der Waals surface area contributed by atoms with Gasteiger partial charge in [0.1, 0.15) is 12.0 Å². The van der Waals surface area contributed by atoms with Crippen LogP contribution in [0.3, 0.4) is 0 Å². The molecule has 4 heteroatoms. The van der Waals surface area contributed by atoms with Crippen molar-refractivity contribution in [1.29, 1.82) is 0 Å². The number of rotatable bonds is 3. The first-order valence-electron chi connectivity index (χ1n) is 5.21. The summed E-state index contributed by atoms with van der Waals surface area (Å²) in [5.74, 6) is 0.803. The van der Waals surface area contributed by atoms with E-state index in [1.54, 1.807) is 12.1 Å². The third-order valence-electron chi connectivity index (χ3n) is 2.69. The third kappa shape index (κ3) is 2.97. The lowest BCUT2D eigenvalue weighted by atomic mass is 10.2. The number of carbonyl (C=O) groups is 1. The van der Waals surface area contributed by atoms with Gasteiger partial charge in [0, 0.05) is 12.0 Å². The Morgan fingerprint density at radius 3 is 2.56 bits per heavy atom. The van der Waals surface area contributed by atoms with E-state index in [1.807, 2.05) is 19.1 Å². The molecule has 1 aliphatic rings. The Labute approximate surface area is 102 Å². The molecule has 1 heterocycles. The summed E-state index contributed by atoms with van der Waals surface area (Å²) < 4.78 is 5.84. The molecule has 1 aliphatic heterocycles. The Hall–Kier alpha value is -1.06. The highest BCUT2D eigenvalue weighted by atomic mass is 35.5. The fourth-order valence-electron chi connectivity index (χ4n) is 1.83. The van der Waals surface area contributed by atoms with Gasteiger partial charge in [-0.2, -0.15) is 0 Å². The van der Waals surface area contributed by atoms with E-state index in [2.05, 4.69) is 5.32 Å². The largest absolute Gasteiger partial charge is 0.473 e. The summed E-state index contributed by atoms with van der Waals surface area (Å²) in [4.78, 5) is 10.5. The van der Waals surface area contributed by atoms with Gasteiger partial charge < -0.3 is 4.74 Å². The maximum atomic E-state index is 10.5. The summed E-state index contributed by atoms with van der Waals surface area (Å²) in [6.07, 6.45) is 2.99. The third-order valence-corrected chi connectivity index (χ3v) is 2.69. The number of nitrogens with one attached hydrogen (secondary N) is 1. The zero-order valence-corrected chi connectivity index (χ0v) is 10.0. The normalized spacial score (nSPS) is 23.6. The van der Waals surface area contributed by atoms with E-state index >= 15 is 0 Å². The second kappa shape index (κ2) is 5.32. The topological polar surface area (TPSA) is 38.3 Å². The average Bonchev–Trinajstić information content (AvgIpc) is 2.66. The van der Waals surface area contributed by atoms with Crippen molar-refractivity contribution in [3.63, 3.8) is 0 Å². The number of carbonyl (C=O) groups excluding carboxylic acids is 1. The van der Waals surface area contributed by atoms with E-state index in [1.165, 1.54) is 0 Å². The van der Waals surface area contributed by atoms with Crippen molar-refractivity contribution in [3.05, 3.63) is 29.8 Å². The predicted molar refractivity (Wildman–Crippen MR) is 65.3 cm³/mol. The molecule has 2 rings (SSSR count). The summed E-state index contributed by atoms with van der Waals surface area (Å²) in [6.45, 7) is 3.05. The average molecular weight is 242 g/mol. The van der Waals surface area contributed by atoms with Gasteiger partial charge in [-0.1, -0.05) is 0 Å². The van der Waals surface area contributed by atoms with Gasteiger partial charge in [0.25, 0.3) is 0 Å². The van der Waals surface area contributed by atoms with Crippen LogP contribution in [0.25, 0.3) is 0 Å². The fraction of sp³-hybridized carbons (Fsp3) is 0.417. The van der Waals surface area contributed by atoms with Crippen LogP contribution in [0.1, 0.15) is 30.1 Å². The van der Waals surface area contributed by atoms with Crippen LogP contribution in [-0.4, -0.2) is 18.6 Å². The Bertz CT molecular complexity index is 345. The van der Waals surface area contributed by atoms with Gasteiger partial charge in [-0.25, -0.2) is 0 Å². The lowest BCUT2D eigenvalue weighted by Gasteiger charge is -2.26. The molecule has 16 heavy (non-hydrogen) atoms. The van der Waals surface area contributed by atoms with Crippen LogP contribution in [0, 0.1) is 0 Å². The van der Waals surface area contributed by atoms with Gasteiger partial charge in [0.15, 0.2) is 5.72 Å². The summed E-state index contributed by atoms with van der Waals surface area (Å²) in [6, 6.07) is 7.19. The lowest BCUT2D eigenvalue weighted by molar-refractivity contribution is 0.0733. The molecule has 3 nitrogen and oxygen atoms in total. The molecule has 1 saturated heterocycles. The number of hydrogen-bond acceptors (Lipinski definition) is 3. The van der Waals surface area contributed by atoms with E-state index in [4.69, 9.17) is 4.74 Å². The monoisotopic (exact) mass is 241 g/mol. The van der Waals surface area contributed by atoms with Crippen LogP contribution in [0.15, 0.2) is 24.3 Å². The molecular weight excluding hydrogens is 226 g/mol. The second-order valence-electron chi connectivity index (χ2n) is 4.05. The molecule has 0 unspecified atom stereocenters. The Morgan fingerprint density at radius 1 is 1.38 bits per heavy atom. The molecule has 0 aromatic heterocycles. The molecule has 0 saturated carbocycles. The highest BCUT2D eigenvalue weighted by molar-refractivity contribution is 5.85. The first kappa shape index (κ1) is 13.0.